The molecule has 3 aromatic rings. The summed E-state index contributed by atoms with van der Waals surface area (Å²) in [5.41, 5.74) is 2.85. The van der Waals surface area contributed by atoms with Crippen LogP contribution in [0.25, 0.3) is 10.9 Å². The molecule has 0 bridgehead atoms. The van der Waals surface area contributed by atoms with Gasteiger partial charge in [0.1, 0.15) is 12.4 Å². The zero-order valence-electron chi connectivity index (χ0n) is 11.9. The summed E-state index contributed by atoms with van der Waals surface area (Å²) in [5.74, 6) is 0.716. The van der Waals surface area contributed by atoms with Gasteiger partial charge in [0.05, 0.1) is 11.6 Å². The molecule has 0 unspecified atom stereocenters. The van der Waals surface area contributed by atoms with E-state index in [0.717, 1.165) is 22.0 Å². The topological polar surface area (TPSA) is 42.4 Å². The lowest BCUT2D eigenvalue weighted by Crippen LogP contribution is -2.01. The van der Waals surface area contributed by atoms with Crippen molar-refractivity contribution >= 4 is 10.9 Å². The first-order valence-electron chi connectivity index (χ1n) is 6.98. The number of hydrogen-bond donors (Lipinski definition) is 1. The summed E-state index contributed by atoms with van der Waals surface area (Å²) in [5, 5.41) is 10.9. The van der Waals surface area contributed by atoms with Crippen LogP contribution >= 0.6 is 0 Å². The Bertz CT molecular complexity index is 748. The van der Waals surface area contributed by atoms with Crippen molar-refractivity contribution in [3.63, 3.8) is 0 Å². The van der Waals surface area contributed by atoms with E-state index in [2.05, 4.69) is 4.98 Å². The Morgan fingerprint density at radius 3 is 2.67 bits per heavy atom. The average molecular weight is 279 g/mol. The van der Waals surface area contributed by atoms with Crippen LogP contribution < -0.4 is 4.74 Å². The van der Waals surface area contributed by atoms with Crippen LogP contribution in [-0.4, -0.2) is 10.1 Å². The number of aliphatic hydroxyl groups is 1. The zero-order chi connectivity index (χ0) is 14.7. The maximum Gasteiger partial charge on any atom is 0.125 e. The van der Waals surface area contributed by atoms with Crippen LogP contribution in [0.1, 0.15) is 24.2 Å². The Labute approximate surface area is 123 Å². The van der Waals surface area contributed by atoms with Gasteiger partial charge in [-0.3, -0.25) is 4.98 Å². The van der Waals surface area contributed by atoms with Crippen molar-refractivity contribution in [2.45, 2.75) is 19.6 Å². The molecule has 21 heavy (non-hydrogen) atoms. The van der Waals surface area contributed by atoms with E-state index in [9.17, 15) is 5.11 Å². The van der Waals surface area contributed by atoms with Crippen molar-refractivity contribution in [2.75, 3.05) is 0 Å². The highest BCUT2D eigenvalue weighted by Crippen LogP contribution is 2.26. The second-order valence-corrected chi connectivity index (χ2v) is 4.99. The first-order chi connectivity index (χ1) is 10.3. The van der Waals surface area contributed by atoms with E-state index >= 15 is 0 Å². The van der Waals surface area contributed by atoms with Gasteiger partial charge in [0, 0.05) is 22.7 Å². The Morgan fingerprint density at radius 2 is 1.81 bits per heavy atom. The molecular weight excluding hydrogens is 262 g/mol. The number of fused-ring (bicyclic) bond motifs is 1. The highest BCUT2D eigenvalue weighted by atomic mass is 16.5. The predicted molar refractivity (Wildman–Crippen MR) is 83.2 cm³/mol. The van der Waals surface area contributed by atoms with Gasteiger partial charge >= 0.3 is 0 Å². The first kappa shape index (κ1) is 13.6. The molecule has 0 aliphatic heterocycles. The van der Waals surface area contributed by atoms with Crippen molar-refractivity contribution in [3.8, 4) is 5.75 Å². The second-order valence-electron chi connectivity index (χ2n) is 4.99. The summed E-state index contributed by atoms with van der Waals surface area (Å²) in [6.45, 7) is 2.19. The molecule has 1 N–H and O–H groups in total. The van der Waals surface area contributed by atoms with E-state index in [1.807, 2.05) is 54.6 Å². The molecule has 1 aromatic heterocycles. The van der Waals surface area contributed by atoms with Gasteiger partial charge in [-0.15, -0.1) is 0 Å². The highest BCUT2D eigenvalue weighted by Gasteiger charge is 2.09. The summed E-state index contributed by atoms with van der Waals surface area (Å²) in [7, 11) is 0. The fourth-order valence-corrected chi connectivity index (χ4v) is 2.39. The van der Waals surface area contributed by atoms with E-state index < -0.39 is 6.10 Å². The quantitative estimate of drug-likeness (QED) is 0.788. The van der Waals surface area contributed by atoms with Gasteiger partial charge in [0.15, 0.2) is 0 Å². The number of aromatic nitrogens is 1. The molecule has 106 valence electrons. The highest BCUT2D eigenvalue weighted by molar-refractivity contribution is 5.81. The third kappa shape index (κ3) is 2.88. The Morgan fingerprint density at radius 1 is 1.05 bits per heavy atom. The van der Waals surface area contributed by atoms with Crippen LogP contribution in [-0.2, 0) is 6.61 Å². The Balaban J connectivity index is 1.87. The van der Waals surface area contributed by atoms with Crippen LogP contribution in [0.5, 0.6) is 5.75 Å². The van der Waals surface area contributed by atoms with Crippen molar-refractivity contribution in [2.24, 2.45) is 0 Å². The number of para-hydroxylation sites is 2. The van der Waals surface area contributed by atoms with Gasteiger partial charge in [0.2, 0.25) is 0 Å². The van der Waals surface area contributed by atoms with Crippen LogP contribution in [0.3, 0.4) is 0 Å². The van der Waals surface area contributed by atoms with E-state index in [-0.39, 0.29) is 0 Å². The summed E-state index contributed by atoms with van der Waals surface area (Å²) in [6.07, 6.45) is 1.25. The molecule has 0 radical (unpaired) electrons. The molecule has 1 atom stereocenters. The van der Waals surface area contributed by atoms with E-state index in [1.54, 1.807) is 13.1 Å². The van der Waals surface area contributed by atoms with Gasteiger partial charge in [-0.1, -0.05) is 36.4 Å². The molecule has 3 nitrogen and oxygen atoms in total. The molecule has 0 saturated carbocycles. The maximum absolute atomic E-state index is 9.78. The lowest BCUT2D eigenvalue weighted by Gasteiger charge is -2.14. The van der Waals surface area contributed by atoms with Gasteiger partial charge in [-0.25, -0.2) is 0 Å². The largest absolute Gasteiger partial charge is 0.488 e. The summed E-state index contributed by atoms with van der Waals surface area (Å²) in [6, 6.07) is 17.5. The summed E-state index contributed by atoms with van der Waals surface area (Å²) >= 11 is 0. The Kier molecular flexibility index (Phi) is 3.84. The minimum absolute atomic E-state index is 0.451. The Hall–Kier alpha value is -2.39. The zero-order valence-corrected chi connectivity index (χ0v) is 11.9. The SMILES string of the molecule is C[C@@H](O)c1ccccc1OCc1ccnc2ccccc12. The van der Waals surface area contributed by atoms with Crippen LogP contribution in [0.4, 0.5) is 0 Å². The molecule has 0 fully saturated rings. The number of rotatable bonds is 4. The van der Waals surface area contributed by atoms with Gasteiger partial charge in [-0.05, 0) is 25.1 Å². The second kappa shape index (κ2) is 5.94. The molecule has 1 heterocycles. The number of aliphatic hydroxyl groups excluding tert-OH is 1. The molecule has 0 amide bonds. The molecule has 3 heteroatoms. The van der Waals surface area contributed by atoms with E-state index in [0.29, 0.717) is 12.4 Å². The normalized spacial score (nSPS) is 12.3. The summed E-state index contributed by atoms with van der Waals surface area (Å²) < 4.78 is 5.90. The molecule has 0 spiro atoms. The molecule has 2 aromatic carbocycles. The van der Waals surface area contributed by atoms with Gasteiger partial charge in [-0.2, -0.15) is 0 Å². The molecule has 0 saturated heterocycles. The number of hydrogen-bond acceptors (Lipinski definition) is 3. The predicted octanol–water partition coefficient (Wildman–Crippen LogP) is 3.87. The van der Waals surface area contributed by atoms with Gasteiger partial charge < -0.3 is 9.84 Å². The van der Waals surface area contributed by atoms with Gasteiger partial charge in [0.25, 0.3) is 0 Å². The van der Waals surface area contributed by atoms with Crippen LogP contribution in [0.15, 0.2) is 60.8 Å². The maximum atomic E-state index is 9.78. The summed E-state index contributed by atoms with van der Waals surface area (Å²) in [4.78, 5) is 4.35. The van der Waals surface area contributed by atoms with Crippen molar-refractivity contribution < 1.29 is 9.84 Å². The minimum atomic E-state index is -0.546. The number of benzene rings is 2. The molecule has 3 rings (SSSR count). The van der Waals surface area contributed by atoms with Crippen molar-refractivity contribution in [1.29, 1.82) is 0 Å². The molecule has 0 aliphatic rings. The van der Waals surface area contributed by atoms with E-state index in [1.165, 1.54) is 0 Å². The first-order valence-corrected chi connectivity index (χ1v) is 6.98. The number of ether oxygens (including phenoxy) is 1. The van der Waals surface area contributed by atoms with Crippen molar-refractivity contribution in [3.05, 3.63) is 71.9 Å². The van der Waals surface area contributed by atoms with E-state index in [4.69, 9.17) is 4.74 Å². The smallest absolute Gasteiger partial charge is 0.125 e. The fraction of sp³-hybridized carbons (Fsp3) is 0.167. The minimum Gasteiger partial charge on any atom is -0.488 e. The average Bonchev–Trinajstić information content (AvgIpc) is 2.53. The molecule has 0 aliphatic carbocycles. The lowest BCUT2D eigenvalue weighted by atomic mass is 10.1. The van der Waals surface area contributed by atoms with Crippen LogP contribution in [0.2, 0.25) is 0 Å². The fourth-order valence-electron chi connectivity index (χ4n) is 2.39. The third-order valence-electron chi connectivity index (χ3n) is 3.49. The number of pyridine rings is 1. The lowest BCUT2D eigenvalue weighted by molar-refractivity contribution is 0.190. The van der Waals surface area contributed by atoms with Crippen molar-refractivity contribution in [1.82, 2.24) is 4.98 Å². The van der Waals surface area contributed by atoms with Crippen LogP contribution in [0, 0.1) is 0 Å². The monoisotopic (exact) mass is 279 g/mol. The third-order valence-corrected chi connectivity index (χ3v) is 3.49. The number of nitrogens with zero attached hydrogens (tertiary/aromatic N) is 1. The molecular formula is C18H17NO2. The standard InChI is InChI=1S/C18H17NO2/c1-13(20)15-6-3-5-9-18(15)21-12-14-10-11-19-17-8-4-2-7-16(14)17/h2-11,13,20H,12H2,1H3/t13-/m1/s1.